The smallest absolute Gasteiger partial charge is 0.168 e. The van der Waals surface area contributed by atoms with Crippen LogP contribution in [0.25, 0.3) is 21.3 Å². The molecule has 1 aliphatic rings. The Morgan fingerprint density at radius 1 is 1.18 bits per heavy atom. The van der Waals surface area contributed by atoms with Gasteiger partial charge in [0.1, 0.15) is 17.0 Å². The van der Waals surface area contributed by atoms with Crippen molar-refractivity contribution in [2.75, 3.05) is 0 Å². The van der Waals surface area contributed by atoms with E-state index in [9.17, 15) is 4.79 Å². The summed E-state index contributed by atoms with van der Waals surface area (Å²) in [6.07, 6.45) is 4.67. The van der Waals surface area contributed by atoms with Crippen molar-refractivity contribution in [1.82, 2.24) is 20.0 Å². The lowest BCUT2D eigenvalue weighted by molar-refractivity contribution is -0.107. The molecule has 0 amide bonds. The van der Waals surface area contributed by atoms with Crippen molar-refractivity contribution in [2.45, 2.75) is 53.4 Å². The Morgan fingerprint density at radius 3 is 2.54 bits per heavy atom. The number of benzene rings is 1. The van der Waals surface area contributed by atoms with Gasteiger partial charge in [-0.3, -0.25) is 4.68 Å². The second-order valence-corrected chi connectivity index (χ2v) is 9.59. The number of aromatic nitrogens is 4. The largest absolute Gasteiger partial charge is 0.303 e. The first-order valence-electron chi connectivity index (χ1n) is 9.72. The summed E-state index contributed by atoms with van der Waals surface area (Å²) < 4.78 is 2.02. The molecule has 0 bridgehead atoms. The van der Waals surface area contributed by atoms with E-state index >= 15 is 0 Å². The molecule has 146 valence electrons. The van der Waals surface area contributed by atoms with Gasteiger partial charge in [0.2, 0.25) is 0 Å². The van der Waals surface area contributed by atoms with Crippen molar-refractivity contribution < 1.29 is 4.79 Å². The normalized spacial score (nSPS) is 15.5. The Hall–Kier alpha value is -2.34. The Balaban J connectivity index is 1.71. The van der Waals surface area contributed by atoms with Crippen molar-refractivity contribution in [2.24, 2.45) is 12.5 Å². The molecular formula is C22H26N4OS. The molecule has 0 aliphatic heterocycles. The number of carbonyl (C=O) groups is 1. The van der Waals surface area contributed by atoms with Crippen LogP contribution >= 0.6 is 11.3 Å². The van der Waals surface area contributed by atoms with Crippen LogP contribution in [0, 0.1) is 19.3 Å². The molecule has 3 aromatic rings. The van der Waals surface area contributed by atoms with Crippen LogP contribution in [0.5, 0.6) is 0 Å². The minimum atomic E-state index is 0.322. The molecule has 1 aromatic carbocycles. The van der Waals surface area contributed by atoms with Gasteiger partial charge in [-0.05, 0) is 67.3 Å². The minimum absolute atomic E-state index is 0.322. The van der Waals surface area contributed by atoms with E-state index in [1.54, 1.807) is 11.3 Å². The maximum Gasteiger partial charge on any atom is 0.168 e. The molecule has 2 heterocycles. The van der Waals surface area contributed by atoms with E-state index in [1.165, 1.54) is 17.7 Å². The molecule has 0 fully saturated rings. The van der Waals surface area contributed by atoms with Crippen molar-refractivity contribution in [1.29, 1.82) is 0 Å². The first kappa shape index (κ1) is 19.0. The maximum atomic E-state index is 10.9. The van der Waals surface area contributed by atoms with Crippen LogP contribution in [0.4, 0.5) is 0 Å². The van der Waals surface area contributed by atoms with Crippen LogP contribution in [0.2, 0.25) is 0 Å². The van der Waals surface area contributed by atoms with Crippen LogP contribution in [0.1, 0.15) is 48.2 Å². The molecule has 6 heteroatoms. The van der Waals surface area contributed by atoms with E-state index in [-0.39, 0.29) is 0 Å². The van der Waals surface area contributed by atoms with Gasteiger partial charge in [0, 0.05) is 30.3 Å². The van der Waals surface area contributed by atoms with Crippen molar-refractivity contribution in [3.05, 3.63) is 40.1 Å². The molecule has 2 aromatic heterocycles. The molecule has 0 saturated carbocycles. The van der Waals surface area contributed by atoms with E-state index in [0.29, 0.717) is 11.8 Å². The SMILES string of the molecule is Cc1cc(-c2nnc(-c3nn(C)c4c3CCC(C)(C)C4)s2)cc(C)c1CC=O. The molecule has 0 unspecified atom stereocenters. The summed E-state index contributed by atoms with van der Waals surface area (Å²) in [5.41, 5.74) is 8.37. The van der Waals surface area contributed by atoms with Crippen LogP contribution < -0.4 is 0 Å². The van der Waals surface area contributed by atoms with Crippen molar-refractivity contribution in [3.63, 3.8) is 0 Å². The van der Waals surface area contributed by atoms with Crippen LogP contribution in [-0.2, 0) is 31.1 Å². The molecule has 0 spiro atoms. The predicted octanol–water partition coefficient (Wildman–Crippen LogP) is 4.48. The van der Waals surface area contributed by atoms with Gasteiger partial charge >= 0.3 is 0 Å². The predicted molar refractivity (Wildman–Crippen MR) is 113 cm³/mol. The summed E-state index contributed by atoms with van der Waals surface area (Å²) in [6, 6.07) is 4.21. The molecule has 0 N–H and O–H groups in total. The lowest BCUT2D eigenvalue weighted by Crippen LogP contribution is -2.23. The van der Waals surface area contributed by atoms with Gasteiger partial charge in [0.05, 0.1) is 0 Å². The Kier molecular flexibility index (Phi) is 4.70. The number of hydrogen-bond donors (Lipinski definition) is 0. The molecule has 0 radical (unpaired) electrons. The summed E-state index contributed by atoms with van der Waals surface area (Å²) in [4.78, 5) is 10.9. The van der Waals surface area contributed by atoms with Gasteiger partial charge in [0.25, 0.3) is 0 Å². The molecule has 5 nitrogen and oxygen atoms in total. The topological polar surface area (TPSA) is 60.7 Å². The van der Waals surface area contributed by atoms with Crippen molar-refractivity contribution >= 4 is 17.6 Å². The fourth-order valence-electron chi connectivity index (χ4n) is 4.22. The van der Waals surface area contributed by atoms with Gasteiger partial charge in [-0.15, -0.1) is 10.2 Å². The molecule has 0 atom stereocenters. The monoisotopic (exact) mass is 394 g/mol. The number of fused-ring (bicyclic) bond motifs is 1. The standard InChI is InChI=1S/C22H26N4OS/c1-13-10-15(11-14(2)16(13)7-9-27)20-23-24-21(28-20)19-17-6-8-22(3,4)12-18(17)26(5)25-19/h9-11H,6-8,12H2,1-5H3. The molecule has 1 aliphatic carbocycles. The molecular weight excluding hydrogens is 368 g/mol. The highest BCUT2D eigenvalue weighted by Crippen LogP contribution is 2.40. The highest BCUT2D eigenvalue weighted by molar-refractivity contribution is 7.17. The number of aryl methyl sites for hydroxylation is 3. The fraction of sp³-hybridized carbons (Fsp3) is 0.455. The lowest BCUT2D eigenvalue weighted by atomic mass is 9.76. The number of rotatable bonds is 4. The maximum absolute atomic E-state index is 10.9. The fourth-order valence-corrected chi connectivity index (χ4v) is 5.06. The summed E-state index contributed by atoms with van der Waals surface area (Å²) in [5.74, 6) is 0. The van der Waals surface area contributed by atoms with Crippen LogP contribution in [-0.4, -0.2) is 26.3 Å². The quantitative estimate of drug-likeness (QED) is 0.612. The molecule has 0 saturated heterocycles. The highest BCUT2D eigenvalue weighted by Gasteiger charge is 2.31. The minimum Gasteiger partial charge on any atom is -0.303 e. The van der Waals surface area contributed by atoms with E-state index in [4.69, 9.17) is 5.10 Å². The number of carbonyl (C=O) groups excluding carboxylic acids is 1. The number of aldehydes is 1. The van der Waals surface area contributed by atoms with Gasteiger partial charge in [-0.2, -0.15) is 5.10 Å². The van der Waals surface area contributed by atoms with Gasteiger partial charge in [-0.1, -0.05) is 25.2 Å². The second-order valence-electron chi connectivity index (χ2n) is 8.61. The third-order valence-electron chi connectivity index (χ3n) is 5.83. The van der Waals surface area contributed by atoms with Gasteiger partial charge in [-0.25, -0.2) is 0 Å². The first-order chi connectivity index (χ1) is 13.3. The first-order valence-corrected chi connectivity index (χ1v) is 10.5. The van der Waals surface area contributed by atoms with Crippen molar-refractivity contribution in [3.8, 4) is 21.3 Å². The zero-order valence-corrected chi connectivity index (χ0v) is 18.0. The molecule has 4 rings (SSSR count). The zero-order valence-electron chi connectivity index (χ0n) is 17.2. The number of nitrogens with zero attached hydrogens (tertiary/aromatic N) is 4. The Morgan fingerprint density at radius 2 is 1.86 bits per heavy atom. The zero-order chi connectivity index (χ0) is 20.1. The number of hydrogen-bond acceptors (Lipinski definition) is 5. The highest BCUT2D eigenvalue weighted by atomic mass is 32.1. The van der Waals surface area contributed by atoms with E-state index in [1.807, 2.05) is 25.6 Å². The Bertz CT molecular complexity index is 1040. The average Bonchev–Trinajstić information content (AvgIpc) is 3.22. The Labute approximate surface area is 169 Å². The van der Waals surface area contributed by atoms with Crippen LogP contribution in [0.15, 0.2) is 12.1 Å². The van der Waals surface area contributed by atoms with Crippen LogP contribution in [0.3, 0.4) is 0 Å². The summed E-state index contributed by atoms with van der Waals surface area (Å²) >= 11 is 1.59. The third-order valence-corrected chi connectivity index (χ3v) is 6.81. The summed E-state index contributed by atoms with van der Waals surface area (Å²) in [5, 5.41) is 15.5. The van der Waals surface area contributed by atoms with E-state index in [2.05, 4.69) is 36.2 Å². The molecule has 28 heavy (non-hydrogen) atoms. The van der Waals surface area contributed by atoms with E-state index < -0.39 is 0 Å². The average molecular weight is 395 g/mol. The summed E-state index contributed by atoms with van der Waals surface area (Å²) in [6.45, 7) is 8.75. The second kappa shape index (κ2) is 6.92. The van der Waals surface area contributed by atoms with Gasteiger partial charge in [0.15, 0.2) is 5.01 Å². The third kappa shape index (κ3) is 3.30. The van der Waals surface area contributed by atoms with Gasteiger partial charge < -0.3 is 4.79 Å². The lowest BCUT2D eigenvalue weighted by Gasteiger charge is -2.29. The summed E-state index contributed by atoms with van der Waals surface area (Å²) in [7, 11) is 2.03. The van der Waals surface area contributed by atoms with E-state index in [0.717, 1.165) is 57.1 Å².